The van der Waals surface area contributed by atoms with E-state index in [9.17, 15) is 0 Å². The number of nitrogens with zero attached hydrogens (tertiary/aromatic N) is 2. The molecule has 206 valence electrons. The zero-order valence-corrected chi connectivity index (χ0v) is 24.5. The molecule has 0 heterocycles. The maximum absolute atomic E-state index is 2.38. The Morgan fingerprint density at radius 3 is 2.02 bits per heavy atom. The van der Waals surface area contributed by atoms with Crippen LogP contribution in [0.15, 0.2) is 158 Å². The Labute approximate surface area is 249 Å². The lowest BCUT2D eigenvalue weighted by Crippen LogP contribution is -2.12. The molecule has 2 heteroatoms. The van der Waals surface area contributed by atoms with Crippen LogP contribution in [0, 0.1) is 0 Å². The average Bonchev–Trinajstić information content (AvgIpc) is 3.05. The molecule has 0 saturated heterocycles. The van der Waals surface area contributed by atoms with Gasteiger partial charge in [0.2, 0.25) is 0 Å². The molecule has 0 aliphatic heterocycles. The molecular weight excluding hydrogens is 508 g/mol. The second-order valence-corrected chi connectivity index (χ2v) is 10.7. The van der Waals surface area contributed by atoms with Crippen LogP contribution in [0.4, 0.5) is 28.4 Å². The van der Waals surface area contributed by atoms with Crippen molar-refractivity contribution >= 4 is 50.0 Å². The molecule has 6 rings (SSSR count). The lowest BCUT2D eigenvalue weighted by Gasteiger charge is -2.28. The van der Waals surface area contributed by atoms with E-state index in [1.165, 1.54) is 32.8 Å². The molecule has 0 bridgehead atoms. The fraction of sp³-hybridized carbons (Fsp3) is 0.100. The van der Waals surface area contributed by atoms with Crippen molar-refractivity contribution in [2.24, 2.45) is 0 Å². The average molecular weight is 545 g/mol. The van der Waals surface area contributed by atoms with E-state index in [-0.39, 0.29) is 0 Å². The minimum Gasteiger partial charge on any atom is -0.345 e. The summed E-state index contributed by atoms with van der Waals surface area (Å²) in [5.74, 6) is 0.300. The van der Waals surface area contributed by atoms with Crippen molar-refractivity contribution in [1.82, 2.24) is 0 Å². The number of hydrogen-bond donors (Lipinski definition) is 0. The Hall–Kier alpha value is -5.08. The van der Waals surface area contributed by atoms with Crippen LogP contribution in [0.2, 0.25) is 0 Å². The maximum Gasteiger partial charge on any atom is 0.0540 e. The molecule has 0 N–H and O–H groups in total. The summed E-state index contributed by atoms with van der Waals surface area (Å²) in [5.41, 5.74) is 7.02. The molecule has 2 nitrogen and oxygen atoms in total. The van der Waals surface area contributed by atoms with E-state index in [1.54, 1.807) is 0 Å². The SMILES string of the molecule is C/C=C\C=C/[C@@H](C)c1cccc(N(c2ccc(N(C)c3ccc4ccccc4c3)cc2)c2cccc3ccccc23)c1. The van der Waals surface area contributed by atoms with E-state index in [0.717, 1.165) is 22.7 Å². The van der Waals surface area contributed by atoms with Gasteiger partial charge in [0.15, 0.2) is 0 Å². The second kappa shape index (κ2) is 12.2. The highest BCUT2D eigenvalue weighted by molar-refractivity contribution is 5.99. The van der Waals surface area contributed by atoms with Crippen LogP contribution in [0.1, 0.15) is 25.3 Å². The quantitative estimate of drug-likeness (QED) is 0.176. The molecule has 0 fully saturated rings. The van der Waals surface area contributed by atoms with Crippen LogP contribution < -0.4 is 9.80 Å². The first-order valence-electron chi connectivity index (χ1n) is 14.6. The smallest absolute Gasteiger partial charge is 0.0540 e. The Morgan fingerprint density at radius 2 is 1.21 bits per heavy atom. The highest BCUT2D eigenvalue weighted by atomic mass is 15.1. The minimum absolute atomic E-state index is 0.300. The lowest BCUT2D eigenvalue weighted by atomic mass is 9.99. The first-order valence-corrected chi connectivity index (χ1v) is 14.6. The standard InChI is InChI=1S/C40H36N2/c1-4-5-6-13-30(2)33-18-11-19-38(28-33)42(40-21-12-17-32-15-9-10-20-39(32)40)36-26-24-35(25-27-36)41(3)37-23-22-31-14-7-8-16-34(31)29-37/h4-30H,1-3H3/b5-4-,13-6-/t30-/m1/s1. The number of allylic oxidation sites excluding steroid dienone is 4. The van der Waals surface area contributed by atoms with E-state index in [2.05, 4.69) is 182 Å². The summed E-state index contributed by atoms with van der Waals surface area (Å²) in [4.78, 5) is 4.63. The molecule has 0 aromatic heterocycles. The molecule has 0 aliphatic rings. The molecule has 42 heavy (non-hydrogen) atoms. The predicted molar refractivity (Wildman–Crippen MR) is 183 cm³/mol. The number of benzene rings is 6. The largest absolute Gasteiger partial charge is 0.345 e. The topological polar surface area (TPSA) is 6.48 Å². The van der Waals surface area contributed by atoms with Crippen LogP contribution in [0.3, 0.4) is 0 Å². The molecular formula is C40H36N2. The summed E-state index contributed by atoms with van der Waals surface area (Å²) >= 11 is 0. The second-order valence-electron chi connectivity index (χ2n) is 10.7. The van der Waals surface area contributed by atoms with Crippen LogP contribution in [-0.4, -0.2) is 7.05 Å². The van der Waals surface area contributed by atoms with E-state index >= 15 is 0 Å². The summed E-state index contributed by atoms with van der Waals surface area (Å²) in [7, 11) is 2.13. The summed E-state index contributed by atoms with van der Waals surface area (Å²) in [6.07, 6.45) is 8.52. The monoisotopic (exact) mass is 544 g/mol. The van der Waals surface area contributed by atoms with Crippen molar-refractivity contribution in [3.63, 3.8) is 0 Å². The van der Waals surface area contributed by atoms with E-state index in [0.29, 0.717) is 5.92 Å². The summed E-state index contributed by atoms with van der Waals surface area (Å²) in [5, 5.41) is 4.95. The van der Waals surface area contributed by atoms with E-state index < -0.39 is 0 Å². The highest BCUT2D eigenvalue weighted by Crippen LogP contribution is 2.40. The van der Waals surface area contributed by atoms with Gasteiger partial charge in [-0.1, -0.05) is 110 Å². The molecule has 1 atom stereocenters. The molecule has 0 aliphatic carbocycles. The van der Waals surface area contributed by atoms with Crippen LogP contribution >= 0.6 is 0 Å². The number of hydrogen-bond acceptors (Lipinski definition) is 2. The van der Waals surface area contributed by atoms with Gasteiger partial charge in [-0.05, 0) is 89.2 Å². The van der Waals surface area contributed by atoms with Gasteiger partial charge >= 0.3 is 0 Å². The van der Waals surface area contributed by atoms with Crippen LogP contribution in [-0.2, 0) is 0 Å². The van der Waals surface area contributed by atoms with Gasteiger partial charge in [0, 0.05) is 35.2 Å². The van der Waals surface area contributed by atoms with E-state index in [1.807, 2.05) is 6.92 Å². The van der Waals surface area contributed by atoms with Gasteiger partial charge in [0.05, 0.1) is 5.69 Å². The number of rotatable bonds is 8. The van der Waals surface area contributed by atoms with Gasteiger partial charge in [0.25, 0.3) is 0 Å². The van der Waals surface area contributed by atoms with Gasteiger partial charge < -0.3 is 9.80 Å². The Morgan fingerprint density at radius 1 is 0.548 bits per heavy atom. The van der Waals surface area contributed by atoms with Crippen LogP contribution in [0.25, 0.3) is 21.5 Å². The molecule has 6 aromatic rings. The van der Waals surface area contributed by atoms with Crippen molar-refractivity contribution in [2.45, 2.75) is 19.8 Å². The zero-order valence-electron chi connectivity index (χ0n) is 24.5. The van der Waals surface area contributed by atoms with Crippen molar-refractivity contribution in [2.75, 3.05) is 16.8 Å². The summed E-state index contributed by atoms with van der Waals surface area (Å²) < 4.78 is 0. The Bertz CT molecular complexity index is 1880. The predicted octanol–water partition coefficient (Wildman–Crippen LogP) is 11.5. The van der Waals surface area contributed by atoms with Gasteiger partial charge in [-0.3, -0.25) is 0 Å². The lowest BCUT2D eigenvalue weighted by molar-refractivity contribution is 0.966. The molecule has 0 unspecified atom stereocenters. The van der Waals surface area contributed by atoms with Crippen molar-refractivity contribution in [3.05, 3.63) is 163 Å². The van der Waals surface area contributed by atoms with Gasteiger partial charge in [0.1, 0.15) is 0 Å². The van der Waals surface area contributed by atoms with E-state index in [4.69, 9.17) is 0 Å². The normalized spacial score (nSPS) is 12.4. The van der Waals surface area contributed by atoms with Crippen molar-refractivity contribution in [1.29, 1.82) is 0 Å². The van der Waals surface area contributed by atoms with Crippen LogP contribution in [0.5, 0.6) is 0 Å². The third-order valence-corrected chi connectivity index (χ3v) is 7.98. The third-order valence-electron chi connectivity index (χ3n) is 7.98. The molecule has 0 spiro atoms. The summed E-state index contributed by atoms with van der Waals surface area (Å²) in [6, 6.07) is 48.1. The Kier molecular flexibility index (Phi) is 7.87. The molecule has 0 radical (unpaired) electrons. The highest BCUT2D eigenvalue weighted by Gasteiger charge is 2.17. The maximum atomic E-state index is 2.38. The fourth-order valence-corrected chi connectivity index (χ4v) is 5.59. The number of fused-ring (bicyclic) bond motifs is 2. The molecule has 6 aromatic carbocycles. The van der Waals surface area contributed by atoms with Crippen molar-refractivity contribution < 1.29 is 0 Å². The third kappa shape index (κ3) is 5.57. The van der Waals surface area contributed by atoms with Gasteiger partial charge in [-0.2, -0.15) is 0 Å². The minimum atomic E-state index is 0.300. The first kappa shape index (κ1) is 27.1. The van der Waals surface area contributed by atoms with Gasteiger partial charge in [-0.25, -0.2) is 0 Å². The van der Waals surface area contributed by atoms with Gasteiger partial charge in [-0.15, -0.1) is 0 Å². The summed E-state index contributed by atoms with van der Waals surface area (Å²) in [6.45, 7) is 4.29. The zero-order chi connectivity index (χ0) is 28.9. The molecule has 0 saturated carbocycles. The molecule has 0 amide bonds. The number of anilines is 5. The fourth-order valence-electron chi connectivity index (χ4n) is 5.59. The van der Waals surface area contributed by atoms with Crippen molar-refractivity contribution in [3.8, 4) is 0 Å². The first-order chi connectivity index (χ1) is 20.6. The Balaban J connectivity index is 1.41.